The quantitative estimate of drug-likeness (QED) is 0.781. The van der Waals surface area contributed by atoms with Gasteiger partial charge in [-0.15, -0.1) is 11.3 Å². The summed E-state index contributed by atoms with van der Waals surface area (Å²) in [5.74, 6) is 1.25. The lowest BCUT2D eigenvalue weighted by atomic mass is 10.1. The van der Waals surface area contributed by atoms with E-state index in [1.54, 1.807) is 11.3 Å². The molecule has 0 aliphatic carbocycles. The minimum Gasteiger partial charge on any atom is -0.492 e. The van der Waals surface area contributed by atoms with Crippen molar-refractivity contribution in [3.05, 3.63) is 39.6 Å². The highest BCUT2D eigenvalue weighted by molar-refractivity contribution is 7.10. The Morgan fingerprint density at radius 2 is 2.17 bits per heavy atom. The van der Waals surface area contributed by atoms with Gasteiger partial charge in [0.05, 0.1) is 12.3 Å². The lowest BCUT2D eigenvalue weighted by Crippen LogP contribution is -2.35. The van der Waals surface area contributed by atoms with Crippen molar-refractivity contribution in [3.8, 4) is 11.5 Å². The maximum atomic E-state index is 12.6. The van der Waals surface area contributed by atoms with Crippen LogP contribution in [0.1, 0.15) is 42.7 Å². The van der Waals surface area contributed by atoms with E-state index in [0.717, 1.165) is 30.7 Å². The van der Waals surface area contributed by atoms with Gasteiger partial charge in [0.25, 0.3) is 0 Å². The number of benzene rings is 1. The predicted molar refractivity (Wildman–Crippen MR) is 113 cm³/mol. The second-order valence-corrected chi connectivity index (χ2v) is 8.50. The second kappa shape index (κ2) is 8.45. The number of hydrogen-bond acceptors (Lipinski definition) is 5. The molecule has 0 radical (unpaired) electrons. The number of rotatable bonds is 6. The molecule has 1 unspecified atom stereocenters. The number of hydrogen-bond donors (Lipinski definition) is 1. The number of anilines is 1. The molecule has 2 aliphatic rings. The van der Waals surface area contributed by atoms with Crippen molar-refractivity contribution in [1.29, 1.82) is 0 Å². The minimum atomic E-state index is -0.196. The van der Waals surface area contributed by atoms with Gasteiger partial charge in [0.2, 0.25) is 11.8 Å². The Hall–Kier alpha value is -2.54. The highest BCUT2D eigenvalue weighted by Gasteiger charge is 2.24. The van der Waals surface area contributed by atoms with Crippen molar-refractivity contribution in [3.63, 3.8) is 0 Å². The first kappa shape index (κ1) is 19.8. The Labute approximate surface area is 174 Å². The van der Waals surface area contributed by atoms with Gasteiger partial charge in [-0.2, -0.15) is 0 Å². The van der Waals surface area contributed by atoms with Gasteiger partial charge in [-0.1, -0.05) is 0 Å². The molecule has 2 aromatic rings. The van der Waals surface area contributed by atoms with Crippen LogP contribution in [-0.4, -0.2) is 36.0 Å². The van der Waals surface area contributed by atoms with Crippen molar-refractivity contribution in [2.24, 2.45) is 0 Å². The lowest BCUT2D eigenvalue weighted by Gasteiger charge is -2.27. The van der Waals surface area contributed by atoms with Gasteiger partial charge in [0.15, 0.2) is 0 Å². The molecular formula is C22H26N2O4S. The number of thiophene rings is 1. The molecule has 4 rings (SSSR count). The van der Waals surface area contributed by atoms with Crippen LogP contribution in [0.5, 0.6) is 11.5 Å². The van der Waals surface area contributed by atoms with E-state index < -0.39 is 0 Å². The molecule has 7 heteroatoms. The third kappa shape index (κ3) is 4.40. The summed E-state index contributed by atoms with van der Waals surface area (Å²) in [6, 6.07) is 5.85. The third-order valence-electron chi connectivity index (χ3n) is 5.30. The molecule has 2 amide bonds. The largest absolute Gasteiger partial charge is 0.492 e. The Bertz CT molecular complexity index is 924. The number of carbonyl (C=O) groups is 2. The third-order valence-corrected chi connectivity index (χ3v) is 6.32. The molecule has 1 atom stereocenters. The summed E-state index contributed by atoms with van der Waals surface area (Å²) in [7, 11) is 0. The topological polar surface area (TPSA) is 67.9 Å². The Morgan fingerprint density at radius 3 is 3.00 bits per heavy atom. The Morgan fingerprint density at radius 1 is 1.31 bits per heavy atom. The van der Waals surface area contributed by atoms with Crippen LogP contribution in [0.15, 0.2) is 23.6 Å². The van der Waals surface area contributed by atoms with Gasteiger partial charge >= 0.3 is 0 Å². The molecule has 29 heavy (non-hydrogen) atoms. The fourth-order valence-corrected chi connectivity index (χ4v) is 4.75. The molecule has 2 aliphatic heterocycles. The summed E-state index contributed by atoms with van der Waals surface area (Å²) >= 11 is 1.75. The smallest absolute Gasteiger partial charge is 0.224 e. The first-order valence-electron chi connectivity index (χ1n) is 10.1. The van der Waals surface area contributed by atoms with Crippen LogP contribution in [0.3, 0.4) is 0 Å². The summed E-state index contributed by atoms with van der Waals surface area (Å²) < 4.78 is 11.5. The second-order valence-electron chi connectivity index (χ2n) is 7.50. The van der Waals surface area contributed by atoms with Gasteiger partial charge in [-0.3, -0.25) is 9.59 Å². The summed E-state index contributed by atoms with van der Waals surface area (Å²) in [4.78, 5) is 28.3. The minimum absolute atomic E-state index is 0.0214. The van der Waals surface area contributed by atoms with Crippen molar-refractivity contribution in [2.45, 2.75) is 52.2 Å². The summed E-state index contributed by atoms with van der Waals surface area (Å²) in [6.07, 6.45) is 2.20. The van der Waals surface area contributed by atoms with Gasteiger partial charge < -0.3 is 19.7 Å². The maximum Gasteiger partial charge on any atom is 0.224 e. The standard InChI is InChI=1S/C22H26N2O4S/c1-3-27-19-11-16-10-14(2)28-18(16)12-17(19)23-21(25)4-5-22(26)24-8-6-20-15(13-24)7-9-29-20/h7,9,11-12,14H,3-6,8,10,13H2,1-2H3,(H,23,25). The van der Waals surface area contributed by atoms with E-state index in [-0.39, 0.29) is 30.8 Å². The number of ether oxygens (including phenoxy) is 2. The Balaban J connectivity index is 1.35. The van der Waals surface area contributed by atoms with Crippen molar-refractivity contribution >= 4 is 28.8 Å². The van der Waals surface area contributed by atoms with E-state index in [4.69, 9.17) is 9.47 Å². The zero-order chi connectivity index (χ0) is 20.4. The van der Waals surface area contributed by atoms with Gasteiger partial charge in [0, 0.05) is 48.9 Å². The molecule has 0 saturated carbocycles. The first-order valence-corrected chi connectivity index (χ1v) is 11.0. The average molecular weight is 415 g/mol. The number of fused-ring (bicyclic) bond motifs is 2. The van der Waals surface area contributed by atoms with E-state index in [2.05, 4.69) is 16.8 Å². The molecule has 3 heterocycles. The van der Waals surface area contributed by atoms with Crippen LogP contribution in [-0.2, 0) is 29.0 Å². The van der Waals surface area contributed by atoms with E-state index in [1.807, 2.05) is 30.9 Å². The fourth-order valence-electron chi connectivity index (χ4n) is 3.86. The van der Waals surface area contributed by atoms with Crippen LogP contribution in [0.4, 0.5) is 5.69 Å². The average Bonchev–Trinajstić information content (AvgIpc) is 3.31. The molecule has 0 saturated heterocycles. The summed E-state index contributed by atoms with van der Waals surface area (Å²) in [5.41, 5.74) is 2.91. The predicted octanol–water partition coefficient (Wildman–Crippen LogP) is 3.77. The van der Waals surface area contributed by atoms with Crippen LogP contribution in [0.25, 0.3) is 0 Å². The monoisotopic (exact) mass is 414 g/mol. The Kier molecular flexibility index (Phi) is 5.76. The van der Waals surface area contributed by atoms with E-state index >= 15 is 0 Å². The van der Waals surface area contributed by atoms with E-state index in [1.165, 1.54) is 10.4 Å². The van der Waals surface area contributed by atoms with Crippen molar-refractivity contribution in [2.75, 3.05) is 18.5 Å². The lowest BCUT2D eigenvalue weighted by molar-refractivity contribution is -0.133. The zero-order valence-corrected chi connectivity index (χ0v) is 17.6. The number of carbonyl (C=O) groups excluding carboxylic acids is 2. The molecular weight excluding hydrogens is 388 g/mol. The van der Waals surface area contributed by atoms with E-state index in [9.17, 15) is 9.59 Å². The summed E-state index contributed by atoms with van der Waals surface area (Å²) in [6.45, 7) is 5.81. The molecule has 0 spiro atoms. The SMILES string of the molecule is CCOc1cc2c(cc1NC(=O)CCC(=O)N1CCc3sccc3C1)OC(C)C2. The number of nitrogens with zero attached hydrogens (tertiary/aromatic N) is 1. The maximum absolute atomic E-state index is 12.6. The molecule has 1 aromatic heterocycles. The number of nitrogens with one attached hydrogen (secondary N) is 1. The first-order chi connectivity index (χ1) is 14.0. The van der Waals surface area contributed by atoms with Crippen molar-refractivity contribution in [1.82, 2.24) is 4.90 Å². The van der Waals surface area contributed by atoms with Gasteiger partial charge in [0.1, 0.15) is 17.6 Å². The molecule has 6 nitrogen and oxygen atoms in total. The highest BCUT2D eigenvalue weighted by atomic mass is 32.1. The van der Waals surface area contributed by atoms with Crippen LogP contribution in [0, 0.1) is 0 Å². The van der Waals surface area contributed by atoms with E-state index in [0.29, 0.717) is 24.6 Å². The molecule has 1 aromatic carbocycles. The van der Waals surface area contributed by atoms with Crippen molar-refractivity contribution < 1.29 is 19.1 Å². The molecule has 0 bridgehead atoms. The van der Waals surface area contributed by atoms with Crippen LogP contribution in [0.2, 0.25) is 0 Å². The van der Waals surface area contributed by atoms with Crippen LogP contribution >= 0.6 is 11.3 Å². The fraction of sp³-hybridized carbons (Fsp3) is 0.455. The van der Waals surface area contributed by atoms with Gasteiger partial charge in [-0.05, 0) is 43.3 Å². The highest BCUT2D eigenvalue weighted by Crippen LogP contribution is 2.38. The molecule has 154 valence electrons. The molecule has 1 N–H and O–H groups in total. The normalized spacial score (nSPS) is 17.3. The number of amides is 2. The van der Waals surface area contributed by atoms with Crippen LogP contribution < -0.4 is 14.8 Å². The van der Waals surface area contributed by atoms with Gasteiger partial charge in [-0.25, -0.2) is 0 Å². The zero-order valence-electron chi connectivity index (χ0n) is 16.8. The molecule has 0 fully saturated rings. The summed E-state index contributed by atoms with van der Waals surface area (Å²) in [5, 5.41) is 4.97.